The third-order valence-corrected chi connectivity index (χ3v) is 9.08. The summed E-state index contributed by atoms with van der Waals surface area (Å²) in [4.78, 5) is 39.7. The number of rotatable bonds is 5. The van der Waals surface area contributed by atoms with E-state index in [-0.39, 0.29) is 34.9 Å². The first-order valence-corrected chi connectivity index (χ1v) is 15.2. The number of hydrogen-bond acceptors (Lipinski definition) is 5. The molecule has 1 aliphatic heterocycles. The number of Topliss-reactive ketones (excluding diaryl/α,β-unsaturated/α-hetero) is 2. The van der Waals surface area contributed by atoms with Crippen LogP contribution in [0.25, 0.3) is 0 Å². The summed E-state index contributed by atoms with van der Waals surface area (Å²) in [6.45, 7) is 8.18. The summed E-state index contributed by atoms with van der Waals surface area (Å²) >= 11 is 13.4. The van der Waals surface area contributed by atoms with Gasteiger partial charge in [0.1, 0.15) is 5.75 Å². The lowest BCUT2D eigenvalue weighted by molar-refractivity contribution is -0.119. The number of hydrogen-bond donors (Lipinski definition) is 2. The maximum atomic E-state index is 13.6. The van der Waals surface area contributed by atoms with Gasteiger partial charge in [0.2, 0.25) is 0 Å². The summed E-state index contributed by atoms with van der Waals surface area (Å²) in [5.41, 5.74) is 4.18. The van der Waals surface area contributed by atoms with Gasteiger partial charge in [-0.2, -0.15) is 0 Å². The molecule has 0 fully saturated rings. The fourth-order valence-electron chi connectivity index (χ4n) is 5.99. The number of ketones is 2. The minimum atomic E-state index is -0.469. The predicted octanol–water partition coefficient (Wildman–Crippen LogP) is 7.86. The van der Waals surface area contributed by atoms with E-state index in [0.717, 1.165) is 29.8 Å². The van der Waals surface area contributed by atoms with Gasteiger partial charge in [0.25, 0.3) is 5.91 Å². The maximum absolute atomic E-state index is 13.6. The summed E-state index contributed by atoms with van der Waals surface area (Å²) in [5, 5.41) is 6.73. The van der Waals surface area contributed by atoms with Crippen LogP contribution in [0.3, 0.4) is 0 Å². The molecular formula is C31H31Br2ClN2O4. The van der Waals surface area contributed by atoms with Crippen LogP contribution in [0.4, 0.5) is 5.69 Å². The van der Waals surface area contributed by atoms with Crippen LogP contribution in [0.1, 0.15) is 64.9 Å². The molecule has 0 radical (unpaired) electrons. The van der Waals surface area contributed by atoms with Gasteiger partial charge >= 0.3 is 0 Å². The summed E-state index contributed by atoms with van der Waals surface area (Å²) in [5.74, 6) is -0.246. The van der Waals surface area contributed by atoms with Crippen LogP contribution in [0, 0.1) is 10.8 Å². The van der Waals surface area contributed by atoms with E-state index in [1.807, 2.05) is 12.1 Å². The molecule has 9 heteroatoms. The van der Waals surface area contributed by atoms with Crippen LogP contribution in [0.5, 0.6) is 5.75 Å². The number of halogens is 3. The number of nitrogens with one attached hydrogen (secondary N) is 2. The van der Waals surface area contributed by atoms with Gasteiger partial charge < -0.3 is 15.4 Å². The number of amides is 1. The van der Waals surface area contributed by atoms with E-state index < -0.39 is 5.92 Å². The molecule has 1 heterocycles. The lowest BCUT2D eigenvalue weighted by Crippen LogP contribution is -2.42. The van der Waals surface area contributed by atoms with Crippen LogP contribution in [-0.4, -0.2) is 24.1 Å². The molecule has 210 valence electrons. The normalized spacial score (nSPS) is 20.1. The first-order valence-electron chi connectivity index (χ1n) is 13.2. The Morgan fingerprint density at radius 3 is 2.00 bits per heavy atom. The molecule has 1 amide bonds. The molecule has 2 aliphatic carbocycles. The van der Waals surface area contributed by atoms with Crippen molar-refractivity contribution in [2.45, 2.75) is 59.3 Å². The third-order valence-electron chi connectivity index (χ3n) is 7.57. The van der Waals surface area contributed by atoms with Crippen molar-refractivity contribution in [2.24, 2.45) is 10.8 Å². The smallest absolute Gasteiger partial charge is 0.262 e. The van der Waals surface area contributed by atoms with E-state index in [2.05, 4.69) is 70.2 Å². The lowest BCUT2D eigenvalue weighted by atomic mass is 9.64. The van der Waals surface area contributed by atoms with Gasteiger partial charge in [-0.25, -0.2) is 0 Å². The molecular weight excluding hydrogens is 660 g/mol. The fraction of sp³-hybridized carbons (Fsp3) is 0.387. The highest BCUT2D eigenvalue weighted by Crippen LogP contribution is 2.52. The van der Waals surface area contributed by atoms with Gasteiger partial charge in [-0.05, 0) is 85.4 Å². The zero-order valence-electron chi connectivity index (χ0n) is 22.8. The Balaban J connectivity index is 1.48. The zero-order valence-corrected chi connectivity index (χ0v) is 26.8. The Morgan fingerprint density at radius 1 is 0.950 bits per heavy atom. The molecule has 0 atom stereocenters. The zero-order chi connectivity index (χ0) is 29.0. The highest BCUT2D eigenvalue weighted by atomic mass is 79.9. The van der Waals surface area contributed by atoms with Crippen molar-refractivity contribution in [2.75, 3.05) is 11.9 Å². The van der Waals surface area contributed by atoms with Crippen LogP contribution >= 0.6 is 43.5 Å². The average molecular weight is 691 g/mol. The molecule has 40 heavy (non-hydrogen) atoms. The summed E-state index contributed by atoms with van der Waals surface area (Å²) < 4.78 is 7.09. The molecule has 3 aliphatic rings. The number of carbonyl (C=O) groups excluding carboxylic acids is 3. The number of benzene rings is 2. The number of anilines is 1. The Morgan fingerprint density at radius 2 is 1.48 bits per heavy atom. The second kappa shape index (κ2) is 10.8. The van der Waals surface area contributed by atoms with Gasteiger partial charge in [-0.15, -0.1) is 0 Å². The van der Waals surface area contributed by atoms with Crippen LogP contribution < -0.4 is 15.4 Å². The monoisotopic (exact) mass is 688 g/mol. The van der Waals surface area contributed by atoms with Crippen molar-refractivity contribution in [3.05, 3.63) is 78.5 Å². The van der Waals surface area contributed by atoms with Crippen LogP contribution in [-0.2, 0) is 14.4 Å². The molecule has 6 nitrogen and oxygen atoms in total. The van der Waals surface area contributed by atoms with Crippen LogP contribution in [0.2, 0.25) is 5.02 Å². The highest BCUT2D eigenvalue weighted by Gasteiger charge is 2.46. The van der Waals surface area contributed by atoms with Crippen LogP contribution in [0.15, 0.2) is 67.9 Å². The number of carbonyl (C=O) groups is 3. The van der Waals surface area contributed by atoms with Crippen molar-refractivity contribution >= 4 is 66.6 Å². The number of para-hydroxylation sites is 1. The maximum Gasteiger partial charge on any atom is 0.262 e. The minimum absolute atomic E-state index is 0.0664. The van der Waals surface area contributed by atoms with E-state index in [4.69, 9.17) is 16.3 Å². The first-order chi connectivity index (χ1) is 18.7. The van der Waals surface area contributed by atoms with Gasteiger partial charge in [-0.3, -0.25) is 14.4 Å². The fourth-order valence-corrected chi connectivity index (χ4v) is 7.63. The van der Waals surface area contributed by atoms with Gasteiger partial charge in [0, 0.05) is 41.3 Å². The molecule has 0 saturated heterocycles. The summed E-state index contributed by atoms with van der Waals surface area (Å²) in [6.07, 6.45) is 2.33. The Hall–Kier alpha value is -2.42. The molecule has 2 N–H and O–H groups in total. The first kappa shape index (κ1) is 29.1. The molecule has 2 aromatic carbocycles. The standard InChI is InChI=1S/C31H31Br2ClN2O4/c1-30(2)11-21-27(23(37)13-30)26(28-22(35-21)12-31(3,4)14-24(28)38)16-9-17(32)29(18(33)10-16)40-15-25(39)36-20-8-6-5-7-19(20)34/h5-10,26,35H,11-15H2,1-4H3,(H,36,39). The molecule has 0 spiro atoms. The second-order valence-corrected chi connectivity index (χ2v) is 14.5. The largest absolute Gasteiger partial charge is 0.481 e. The Labute approximate surface area is 256 Å². The van der Waals surface area contributed by atoms with Gasteiger partial charge in [-0.1, -0.05) is 51.4 Å². The van der Waals surface area contributed by atoms with Gasteiger partial charge in [0.05, 0.1) is 19.7 Å². The Bertz CT molecular complexity index is 1430. The molecule has 5 rings (SSSR count). The van der Waals surface area contributed by atoms with Crippen molar-refractivity contribution in [3.63, 3.8) is 0 Å². The lowest BCUT2D eigenvalue weighted by Gasteiger charge is -2.44. The average Bonchev–Trinajstić information content (AvgIpc) is 2.82. The SMILES string of the molecule is CC1(C)CC(=O)C2=C(C1)NC1=C(C(=O)CC(C)(C)C1)C2c1cc(Br)c(OCC(=O)Nc2ccccc2Cl)c(Br)c1. The van der Waals surface area contributed by atoms with Gasteiger partial charge in [0.15, 0.2) is 18.2 Å². The van der Waals surface area contributed by atoms with Crippen molar-refractivity contribution in [1.82, 2.24) is 5.32 Å². The minimum Gasteiger partial charge on any atom is -0.481 e. The van der Waals surface area contributed by atoms with E-state index >= 15 is 0 Å². The number of allylic oxidation sites excluding steroid dienone is 4. The van der Waals surface area contributed by atoms with Crippen molar-refractivity contribution in [3.8, 4) is 5.75 Å². The van der Waals surface area contributed by atoms with E-state index in [0.29, 0.717) is 49.4 Å². The van der Waals surface area contributed by atoms with E-state index in [9.17, 15) is 14.4 Å². The molecule has 0 unspecified atom stereocenters. The highest BCUT2D eigenvalue weighted by molar-refractivity contribution is 9.11. The molecule has 0 aromatic heterocycles. The molecule has 2 aromatic rings. The predicted molar refractivity (Wildman–Crippen MR) is 163 cm³/mol. The quantitative estimate of drug-likeness (QED) is 0.334. The summed E-state index contributed by atoms with van der Waals surface area (Å²) in [6, 6.07) is 10.8. The van der Waals surface area contributed by atoms with Crippen molar-refractivity contribution < 1.29 is 19.1 Å². The molecule has 0 saturated carbocycles. The molecule has 0 bridgehead atoms. The summed E-state index contributed by atoms with van der Waals surface area (Å²) in [7, 11) is 0. The van der Waals surface area contributed by atoms with E-state index in [1.165, 1.54) is 0 Å². The van der Waals surface area contributed by atoms with E-state index in [1.54, 1.807) is 24.3 Å². The second-order valence-electron chi connectivity index (χ2n) is 12.4. The Kier molecular flexibility index (Phi) is 7.83. The number of ether oxygens (including phenoxy) is 1. The topological polar surface area (TPSA) is 84.5 Å². The van der Waals surface area contributed by atoms with Crippen molar-refractivity contribution in [1.29, 1.82) is 0 Å². The number of dihydropyridines is 1. The third kappa shape index (κ3) is 5.81.